The Morgan fingerprint density at radius 1 is 1.03 bits per heavy atom. The minimum atomic E-state index is -0.609. The number of nitrogens with one attached hydrogen (secondary N) is 2. The number of carbonyl (C=O) groups excluding carboxylic acids is 1. The number of ether oxygens (including phenoxy) is 3. The highest BCUT2D eigenvalue weighted by Crippen LogP contribution is 2.36. The zero-order valence-electron chi connectivity index (χ0n) is 18.8. The molecule has 0 saturated heterocycles. The Bertz CT molecular complexity index is 1290. The summed E-state index contributed by atoms with van der Waals surface area (Å²) in [6.45, 7) is 1.79. The fraction of sp³-hybridized carbons (Fsp3) is 0.154. The maximum atomic E-state index is 12.6. The van der Waals surface area contributed by atoms with E-state index in [1.54, 1.807) is 38.3 Å². The number of hydrogen-bond acceptors (Lipinski definition) is 6. The Hall–Kier alpha value is -4.04. The van der Waals surface area contributed by atoms with Gasteiger partial charge in [-0.25, -0.2) is 4.79 Å². The number of carbonyl (C=O) groups is 1. The van der Waals surface area contributed by atoms with Crippen molar-refractivity contribution in [2.45, 2.75) is 19.1 Å². The zero-order valence-corrected chi connectivity index (χ0v) is 19.6. The number of fused-ring (bicyclic) bond motifs is 1. The van der Waals surface area contributed by atoms with Crippen molar-refractivity contribution >= 4 is 39.0 Å². The molecule has 0 spiro atoms. The summed E-state index contributed by atoms with van der Waals surface area (Å²) in [5, 5.41) is 11.3. The van der Waals surface area contributed by atoms with Crippen molar-refractivity contribution in [3.05, 3.63) is 89.3 Å². The molecule has 1 heterocycles. The molecule has 0 aliphatic rings. The van der Waals surface area contributed by atoms with Crippen molar-refractivity contribution in [3.63, 3.8) is 0 Å². The second kappa shape index (κ2) is 10.3. The third-order valence-corrected chi connectivity index (χ3v) is 6.36. The number of amidine groups is 1. The molecule has 4 aromatic rings. The summed E-state index contributed by atoms with van der Waals surface area (Å²) in [6.07, 6.45) is -1.76. The number of thiophene rings is 1. The van der Waals surface area contributed by atoms with Crippen LogP contribution in [0.4, 0.5) is 10.5 Å². The molecule has 0 saturated carbocycles. The van der Waals surface area contributed by atoms with Gasteiger partial charge in [0.1, 0.15) is 23.4 Å². The van der Waals surface area contributed by atoms with Crippen LogP contribution in [0.25, 0.3) is 10.1 Å². The van der Waals surface area contributed by atoms with Gasteiger partial charge in [-0.15, -0.1) is 11.3 Å². The SMILES string of the molecule is COc1ccc(NC(=O)OC(C)C(Oc2cccc3sc(C(=N)N)cc23)c2ccccc2)cc1. The van der Waals surface area contributed by atoms with E-state index in [-0.39, 0.29) is 5.84 Å². The minimum absolute atomic E-state index is 0.0127. The topological polar surface area (TPSA) is 107 Å². The fourth-order valence-electron chi connectivity index (χ4n) is 3.54. The van der Waals surface area contributed by atoms with E-state index in [1.165, 1.54) is 11.3 Å². The lowest BCUT2D eigenvalue weighted by molar-refractivity contribution is 0.0328. The van der Waals surface area contributed by atoms with Gasteiger partial charge in [0, 0.05) is 15.8 Å². The van der Waals surface area contributed by atoms with Gasteiger partial charge in [0.2, 0.25) is 0 Å². The molecule has 3 aromatic carbocycles. The van der Waals surface area contributed by atoms with Crippen molar-refractivity contribution in [1.29, 1.82) is 5.41 Å². The Kier molecular flexibility index (Phi) is 6.98. The second-order valence-electron chi connectivity index (χ2n) is 7.61. The number of hydrogen-bond donors (Lipinski definition) is 3. The number of anilines is 1. The van der Waals surface area contributed by atoms with E-state index in [0.29, 0.717) is 22.1 Å². The Morgan fingerprint density at radius 2 is 1.76 bits per heavy atom. The highest BCUT2D eigenvalue weighted by molar-refractivity contribution is 7.20. The van der Waals surface area contributed by atoms with E-state index in [4.69, 9.17) is 25.4 Å². The Balaban J connectivity index is 1.56. The summed E-state index contributed by atoms with van der Waals surface area (Å²) in [6, 6.07) is 24.1. The predicted octanol–water partition coefficient (Wildman–Crippen LogP) is 5.95. The molecule has 4 rings (SSSR count). The molecular weight excluding hydrogens is 450 g/mol. The van der Waals surface area contributed by atoms with Crippen LogP contribution in [-0.4, -0.2) is 25.1 Å². The lowest BCUT2D eigenvalue weighted by Gasteiger charge is -2.26. The Labute approximate surface area is 201 Å². The summed E-state index contributed by atoms with van der Waals surface area (Å²) in [5.41, 5.74) is 7.14. The van der Waals surface area contributed by atoms with Crippen LogP contribution in [0.5, 0.6) is 11.5 Å². The molecule has 34 heavy (non-hydrogen) atoms. The van der Waals surface area contributed by atoms with Crippen molar-refractivity contribution in [2.24, 2.45) is 5.73 Å². The summed E-state index contributed by atoms with van der Waals surface area (Å²) < 4.78 is 18.2. The summed E-state index contributed by atoms with van der Waals surface area (Å²) in [7, 11) is 1.58. The van der Waals surface area contributed by atoms with Crippen molar-refractivity contribution in [2.75, 3.05) is 12.4 Å². The average Bonchev–Trinajstić information content (AvgIpc) is 3.29. The van der Waals surface area contributed by atoms with E-state index in [0.717, 1.165) is 15.6 Å². The molecule has 7 nitrogen and oxygen atoms in total. The fourth-order valence-corrected chi connectivity index (χ4v) is 4.48. The molecule has 8 heteroatoms. The third-order valence-electron chi connectivity index (χ3n) is 5.22. The van der Waals surface area contributed by atoms with Gasteiger partial charge in [-0.1, -0.05) is 36.4 Å². The van der Waals surface area contributed by atoms with Gasteiger partial charge in [0.15, 0.2) is 6.10 Å². The second-order valence-corrected chi connectivity index (χ2v) is 8.69. The van der Waals surface area contributed by atoms with Gasteiger partial charge >= 0.3 is 6.09 Å². The molecule has 0 aliphatic carbocycles. The smallest absolute Gasteiger partial charge is 0.412 e. The van der Waals surface area contributed by atoms with Gasteiger partial charge in [0.05, 0.1) is 12.0 Å². The number of nitrogen functional groups attached to an aromatic ring is 1. The lowest BCUT2D eigenvalue weighted by atomic mass is 10.0. The number of benzene rings is 3. The van der Waals surface area contributed by atoms with Crippen LogP contribution in [-0.2, 0) is 4.74 Å². The van der Waals surface area contributed by atoms with Crippen LogP contribution in [0.1, 0.15) is 23.5 Å². The maximum Gasteiger partial charge on any atom is 0.412 e. The molecule has 2 atom stereocenters. The van der Waals surface area contributed by atoms with Crippen LogP contribution in [0.2, 0.25) is 0 Å². The van der Waals surface area contributed by atoms with Gasteiger partial charge in [0.25, 0.3) is 0 Å². The highest BCUT2D eigenvalue weighted by Gasteiger charge is 2.26. The monoisotopic (exact) mass is 475 g/mol. The van der Waals surface area contributed by atoms with E-state index >= 15 is 0 Å². The van der Waals surface area contributed by atoms with E-state index in [9.17, 15) is 4.79 Å². The Morgan fingerprint density at radius 3 is 2.44 bits per heavy atom. The summed E-state index contributed by atoms with van der Waals surface area (Å²) >= 11 is 1.43. The lowest BCUT2D eigenvalue weighted by Crippen LogP contribution is -2.29. The normalized spacial score (nSPS) is 12.5. The largest absolute Gasteiger partial charge is 0.497 e. The summed E-state index contributed by atoms with van der Waals surface area (Å²) in [5.74, 6) is 1.33. The third kappa shape index (κ3) is 5.29. The van der Waals surface area contributed by atoms with Gasteiger partial charge in [-0.3, -0.25) is 10.7 Å². The first kappa shape index (κ1) is 23.1. The molecular formula is C26H25N3O4S. The van der Waals surface area contributed by atoms with Crippen molar-refractivity contribution < 1.29 is 19.0 Å². The quantitative estimate of drug-likeness (QED) is 0.216. The zero-order chi connectivity index (χ0) is 24.1. The number of methoxy groups -OCH3 is 1. The first-order valence-electron chi connectivity index (χ1n) is 10.6. The summed E-state index contributed by atoms with van der Waals surface area (Å²) in [4.78, 5) is 13.3. The average molecular weight is 476 g/mol. The molecule has 174 valence electrons. The van der Waals surface area contributed by atoms with Crippen LogP contribution >= 0.6 is 11.3 Å². The van der Waals surface area contributed by atoms with E-state index < -0.39 is 18.3 Å². The van der Waals surface area contributed by atoms with Crippen LogP contribution in [0, 0.1) is 5.41 Å². The first-order chi connectivity index (χ1) is 16.4. The van der Waals surface area contributed by atoms with Crippen LogP contribution < -0.4 is 20.5 Å². The van der Waals surface area contributed by atoms with Gasteiger partial charge < -0.3 is 19.9 Å². The van der Waals surface area contributed by atoms with Gasteiger partial charge in [-0.2, -0.15) is 0 Å². The molecule has 1 amide bonds. The standard InChI is InChI=1S/C26H25N3O4S/c1-16(32-26(30)29-18-11-13-19(31-2)14-12-18)24(17-7-4-3-5-8-17)33-21-9-6-10-22-20(21)15-23(34-22)25(27)28/h3-16,24H,1-2H3,(H3,27,28)(H,29,30). The maximum absolute atomic E-state index is 12.6. The number of nitrogens with two attached hydrogens (primary N) is 1. The van der Waals surface area contributed by atoms with Crippen LogP contribution in [0.3, 0.4) is 0 Å². The van der Waals surface area contributed by atoms with Crippen molar-refractivity contribution in [1.82, 2.24) is 0 Å². The first-order valence-corrected chi connectivity index (χ1v) is 11.5. The molecule has 0 radical (unpaired) electrons. The molecule has 2 unspecified atom stereocenters. The molecule has 0 aliphatic heterocycles. The molecule has 4 N–H and O–H groups in total. The van der Waals surface area contributed by atoms with E-state index in [2.05, 4.69) is 5.32 Å². The van der Waals surface area contributed by atoms with Crippen LogP contribution in [0.15, 0.2) is 78.9 Å². The van der Waals surface area contributed by atoms with Crippen molar-refractivity contribution in [3.8, 4) is 11.5 Å². The number of rotatable bonds is 8. The predicted molar refractivity (Wildman–Crippen MR) is 135 cm³/mol. The highest BCUT2D eigenvalue weighted by atomic mass is 32.1. The number of amides is 1. The van der Waals surface area contributed by atoms with E-state index in [1.807, 2.05) is 54.6 Å². The molecule has 1 aromatic heterocycles. The molecule has 0 bridgehead atoms. The minimum Gasteiger partial charge on any atom is -0.497 e. The van der Waals surface area contributed by atoms with Gasteiger partial charge in [-0.05, 0) is 55.0 Å². The molecule has 0 fully saturated rings.